The zero-order valence-corrected chi connectivity index (χ0v) is 66.2. The van der Waals surface area contributed by atoms with Crippen molar-refractivity contribution < 1.29 is 79.1 Å². The summed E-state index contributed by atoms with van der Waals surface area (Å²) in [5, 5.41) is 2.66. The van der Waals surface area contributed by atoms with Crippen LogP contribution in [-0.2, 0) is 126 Å². The summed E-state index contributed by atoms with van der Waals surface area (Å²) in [6, 6.07) is 51.5. The summed E-state index contributed by atoms with van der Waals surface area (Å²) in [7, 11) is -15.4. The quantitative estimate of drug-likeness (QED) is 0.0171. The molecule has 0 atom stereocenters. The maximum Gasteiger partial charge on any atom is 0.244 e. The van der Waals surface area contributed by atoms with Gasteiger partial charge in [-0.05, 0) is 109 Å². The van der Waals surface area contributed by atoms with Crippen LogP contribution in [0.4, 0.5) is 5.69 Å². The van der Waals surface area contributed by atoms with E-state index in [9.17, 15) is 56.7 Å². The molecule has 9 aromatic rings. The van der Waals surface area contributed by atoms with Crippen molar-refractivity contribution >= 4 is 122 Å². The van der Waals surface area contributed by atoms with Gasteiger partial charge in [0, 0.05) is 119 Å². The van der Waals surface area contributed by atoms with Crippen LogP contribution in [0.3, 0.4) is 0 Å². The summed E-state index contributed by atoms with van der Waals surface area (Å²) < 4.78 is 141. The molecule has 1 amide bonds. The standard InChI is InChI=1S/C14H17ClN2O3S.C14H15ClN2O3S.C14H15ClN.C11H16ClNO4S.C11H16ClNO3S.C9H10ClNO/c15-10-13-2-4-14(5-3-13)11-17-8-7-16(12-17)6-1-9-21(18,19)20;15-8-12-3-5-13(6-4-12)10-17-7-1-2-14(11-17)9-16-21(18,19)20;1-12-6-8-16(9-7-12)11-14-4-2-13(10-15)3-5-14;1-13(6-7-17-18(14,15)16)9-11-4-2-10(8-12)3-5-11;12-6-1-4-11-5-2-7-13(10-11)8-3-9-17(14,15)16;1-7-3-2-4-8(5-7)11-9(12)6-10/h2-5,7-8,12H,1,6,9-11H2;1-7,11,16H,8-10H2;2-9H,10-11H2,1H3;2-5H,6-9H2,1H3,(H,14,15,16);2,5,7,10H,1,3-4,6,8-9H2;2-5H,6H2,1H3,(H,11,12)/q;;+1;;;/p-1. The molecular weight excluding hydrogens is 1550 g/mol. The molecule has 32 heteroatoms. The largest absolute Gasteiger partial charge is 0.748 e. The number of nitrogens with zero attached hydrogens (tertiary/aromatic N) is 6. The first kappa shape index (κ1) is 90.9. The second-order valence-corrected chi connectivity index (χ2v) is 30.8. The van der Waals surface area contributed by atoms with E-state index < -0.39 is 40.9 Å². The van der Waals surface area contributed by atoms with Crippen LogP contribution in [0.1, 0.15) is 86.0 Å². The number of halogens is 6. The predicted molar refractivity (Wildman–Crippen MR) is 407 cm³/mol. The number of alkyl halides is 6. The van der Waals surface area contributed by atoms with Crippen molar-refractivity contribution in [1.82, 2.24) is 14.2 Å². The molecule has 105 heavy (non-hydrogen) atoms. The molecule has 0 aliphatic heterocycles. The van der Waals surface area contributed by atoms with Gasteiger partial charge in [-0.15, -0.1) is 69.6 Å². The van der Waals surface area contributed by atoms with Gasteiger partial charge in [-0.1, -0.05) is 109 Å². The lowest BCUT2D eigenvalue weighted by Gasteiger charge is -2.17. The van der Waals surface area contributed by atoms with Gasteiger partial charge >= 0.3 is 0 Å². The fraction of sp³-hybridized carbons (Fsp3) is 0.329. The third-order valence-electron chi connectivity index (χ3n) is 14.7. The van der Waals surface area contributed by atoms with E-state index in [1.54, 1.807) is 12.3 Å². The maximum atomic E-state index is 10.8. The average Bonchev–Trinajstić information content (AvgIpc) is 1.59. The van der Waals surface area contributed by atoms with Gasteiger partial charge in [0.15, 0.2) is 60.6 Å². The molecule has 0 saturated heterocycles. The Morgan fingerprint density at radius 2 is 0.981 bits per heavy atom. The van der Waals surface area contributed by atoms with E-state index >= 15 is 0 Å². The van der Waals surface area contributed by atoms with Crippen LogP contribution in [0.2, 0.25) is 0 Å². The van der Waals surface area contributed by atoms with Crippen LogP contribution in [-0.4, -0.2) is 111 Å². The van der Waals surface area contributed by atoms with Crippen LogP contribution in [0, 0.1) is 13.8 Å². The van der Waals surface area contributed by atoms with Crippen molar-refractivity contribution in [2.24, 2.45) is 0 Å². The molecule has 22 nitrogen and oxygen atoms in total. The zero-order chi connectivity index (χ0) is 77.3. The fourth-order valence-electron chi connectivity index (χ4n) is 9.41. The highest BCUT2D eigenvalue weighted by Gasteiger charge is 2.11. The summed E-state index contributed by atoms with van der Waals surface area (Å²) in [5.41, 5.74) is 14.1. The highest BCUT2D eigenvalue weighted by Crippen LogP contribution is 2.13. The number of likely N-dealkylation sites (N-methyl/N-ethyl adjacent to an activating group) is 1. The Kier molecular flexibility index (Phi) is 42.2. The number of rotatable bonds is 32. The third-order valence-corrected chi connectivity index (χ3v) is 19.0. The van der Waals surface area contributed by atoms with Crippen molar-refractivity contribution in [2.75, 3.05) is 48.8 Å². The summed E-state index contributed by atoms with van der Waals surface area (Å²) in [6.07, 6.45) is 19.9. The minimum atomic E-state index is -4.59. The molecule has 0 saturated carbocycles. The summed E-state index contributed by atoms with van der Waals surface area (Å²) in [6.45, 7) is 8.26. The van der Waals surface area contributed by atoms with E-state index in [0.717, 1.165) is 76.1 Å². The Balaban J connectivity index is 0.000000269. The minimum Gasteiger partial charge on any atom is -0.748 e. The molecule has 2 N–H and O–H groups in total. The van der Waals surface area contributed by atoms with Crippen LogP contribution in [0.5, 0.6) is 0 Å². The second kappa shape index (κ2) is 48.7. The molecule has 570 valence electrons. The number of aryl methyl sites for hydroxylation is 5. The lowest BCUT2D eigenvalue weighted by Crippen LogP contribution is -2.34. The van der Waals surface area contributed by atoms with E-state index in [4.69, 9.17) is 69.6 Å². The van der Waals surface area contributed by atoms with Gasteiger partial charge in [0.05, 0.1) is 33.4 Å². The predicted octanol–water partition coefficient (Wildman–Crippen LogP) is 10.5. The lowest BCUT2D eigenvalue weighted by atomic mass is 10.1. The van der Waals surface area contributed by atoms with Gasteiger partial charge in [0.2, 0.25) is 22.6 Å². The Bertz CT molecular complexity index is 4480. The Hall–Kier alpha value is -6.51. The SMILES string of the molecule is CN(CCOS(=O)(=O)[O-])Cc1ccc(CCl)cc1.Cc1cc[n+](Cc2ccc(CCl)cc2)cc1.Cc1cccc(NC(=O)CCl)c1.O=S(=O)([O-])CCC[n+]1cccc(CCCCl)c1.O=S(=O)([O-])CCCn1cc[n+](Cc2ccc(CCl)cc2)c1.O=S(=O)([O-])NCc1ccc[n+](Cc2ccc(CCl)cc2)c1. The lowest BCUT2D eigenvalue weighted by molar-refractivity contribution is -0.697. The average molecular weight is 1640 g/mol. The van der Waals surface area contributed by atoms with Crippen molar-refractivity contribution in [2.45, 2.75) is 109 Å². The maximum absolute atomic E-state index is 10.8. The Morgan fingerprint density at radius 3 is 1.47 bits per heavy atom. The zero-order valence-electron chi connectivity index (χ0n) is 58.4. The van der Waals surface area contributed by atoms with Gasteiger partial charge in [-0.3, -0.25) is 13.9 Å². The van der Waals surface area contributed by atoms with Gasteiger partial charge < -0.3 is 23.5 Å². The highest BCUT2D eigenvalue weighted by molar-refractivity contribution is 7.86. The molecule has 0 aliphatic carbocycles. The number of pyridine rings is 3. The van der Waals surface area contributed by atoms with Crippen molar-refractivity contribution in [3.63, 3.8) is 0 Å². The van der Waals surface area contributed by atoms with Crippen molar-refractivity contribution in [3.05, 3.63) is 280 Å². The molecule has 4 heterocycles. The molecule has 0 fully saturated rings. The summed E-state index contributed by atoms with van der Waals surface area (Å²) in [4.78, 5) is 12.7. The number of hydrogen-bond donors (Lipinski definition) is 2. The number of nitrogens with one attached hydrogen (secondary N) is 2. The van der Waals surface area contributed by atoms with E-state index in [1.807, 2.05) is 194 Å². The molecule has 0 spiro atoms. The first-order chi connectivity index (χ1) is 49.8. The number of carbonyl (C=O) groups excluding carboxylic acids is 1. The Labute approximate surface area is 648 Å². The van der Waals surface area contributed by atoms with Gasteiger partial charge in [-0.25, -0.2) is 61.2 Å². The third kappa shape index (κ3) is 43.2. The second-order valence-electron chi connectivity index (χ2n) is 23.8. The van der Waals surface area contributed by atoms with Crippen LogP contribution in [0.25, 0.3) is 0 Å². The highest BCUT2D eigenvalue weighted by atomic mass is 35.5. The Morgan fingerprint density at radius 1 is 0.505 bits per heavy atom. The first-order valence-corrected chi connectivity index (χ1v) is 41.8. The van der Waals surface area contributed by atoms with E-state index in [-0.39, 0.29) is 36.4 Å². The van der Waals surface area contributed by atoms with Crippen LogP contribution in [0.15, 0.2) is 214 Å². The van der Waals surface area contributed by atoms with Crippen molar-refractivity contribution in [3.8, 4) is 0 Å². The molecule has 0 radical (unpaired) electrons. The first-order valence-electron chi connectivity index (χ1n) is 32.7. The minimum absolute atomic E-state index is 0.00601. The van der Waals surface area contributed by atoms with Crippen molar-refractivity contribution in [1.29, 1.82) is 0 Å². The molecule has 0 bridgehead atoms. The van der Waals surface area contributed by atoms with Gasteiger partial charge in [-0.2, -0.15) is 0 Å². The van der Waals surface area contributed by atoms with Crippen LogP contribution < -0.4 is 28.3 Å². The van der Waals surface area contributed by atoms with E-state index in [0.29, 0.717) is 80.5 Å². The van der Waals surface area contributed by atoms with E-state index in [2.05, 4.69) is 69.8 Å². The van der Waals surface area contributed by atoms with Gasteiger partial charge in [0.25, 0.3) is 0 Å². The number of hydrogen-bond acceptors (Lipinski definition) is 15. The smallest absolute Gasteiger partial charge is 0.244 e. The number of anilines is 1. The topological polar surface area (TPSA) is 303 Å². The molecule has 4 aromatic heterocycles. The fourth-order valence-corrected chi connectivity index (χ4v) is 11.9. The number of imidazole rings is 1. The number of amides is 1. The molecule has 0 aliphatic rings. The van der Waals surface area contributed by atoms with E-state index in [1.165, 1.54) is 16.7 Å². The van der Waals surface area contributed by atoms with Crippen LogP contribution >= 0.6 is 69.6 Å². The molecule has 9 rings (SSSR count). The molecular formula is C73H88Cl6N8O14S4. The monoisotopic (exact) mass is 1640 g/mol. The van der Waals surface area contributed by atoms with Gasteiger partial charge in [0.1, 0.15) is 31.4 Å². The summed E-state index contributed by atoms with van der Waals surface area (Å²) in [5.74, 6) is 1.85. The number of aromatic nitrogens is 5. The normalized spacial score (nSPS) is 11.3. The number of benzene rings is 5. The summed E-state index contributed by atoms with van der Waals surface area (Å²) >= 11 is 33.9. The molecule has 5 aromatic carbocycles. The molecule has 0 unspecified atom stereocenters. The number of carbonyl (C=O) groups is 1.